The predicted molar refractivity (Wildman–Crippen MR) is 78.8 cm³/mol. The second-order valence-corrected chi connectivity index (χ2v) is 5.06. The summed E-state index contributed by atoms with van der Waals surface area (Å²) in [4.78, 5) is 7.93. The topological polar surface area (TPSA) is 38.1 Å². The molecule has 0 N–H and O–H groups in total. The summed E-state index contributed by atoms with van der Waals surface area (Å²) in [6, 6.07) is 6.25. The minimum atomic E-state index is 0.500. The van der Waals surface area contributed by atoms with Gasteiger partial charge in [0, 0.05) is 18.6 Å². The van der Waals surface area contributed by atoms with Crippen LogP contribution in [0.3, 0.4) is 0 Å². The van der Waals surface area contributed by atoms with Crippen LogP contribution in [0.4, 0.5) is 5.69 Å². The van der Waals surface area contributed by atoms with Crippen molar-refractivity contribution in [1.29, 1.82) is 0 Å². The maximum absolute atomic E-state index is 4.42. The predicted octanol–water partition coefficient (Wildman–Crippen LogP) is 4.52. The average molecular weight is 314 g/mol. The number of aromatic nitrogens is 2. The zero-order valence-corrected chi connectivity index (χ0v) is 13.4. The molecule has 0 amide bonds. The van der Waals surface area contributed by atoms with Crippen molar-refractivity contribution >= 4 is 5.69 Å². The van der Waals surface area contributed by atoms with Crippen molar-refractivity contribution in [3.63, 3.8) is 0 Å². The second kappa shape index (κ2) is 8.70. The third-order valence-electron chi connectivity index (χ3n) is 2.86. The van der Waals surface area contributed by atoms with Crippen molar-refractivity contribution in [3.05, 3.63) is 53.6 Å². The molecule has 0 radical (unpaired) electrons. The molecule has 4 heteroatoms. The van der Waals surface area contributed by atoms with E-state index in [1.165, 1.54) is 11.1 Å². The van der Waals surface area contributed by atoms with E-state index in [0.717, 1.165) is 17.8 Å². The van der Waals surface area contributed by atoms with E-state index >= 15 is 0 Å². The summed E-state index contributed by atoms with van der Waals surface area (Å²) in [5.41, 5.74) is 4.47. The zero-order chi connectivity index (χ0) is 15.0. The van der Waals surface area contributed by atoms with Crippen LogP contribution >= 0.6 is 0 Å². The Hall–Kier alpha value is -1.41. The SMILES string of the molecule is CCc1cnccn1.Cc1ccc(C(C)C)c([N]=[Ni])c1. The van der Waals surface area contributed by atoms with Gasteiger partial charge in [0.2, 0.25) is 0 Å². The van der Waals surface area contributed by atoms with E-state index in [0.29, 0.717) is 5.92 Å². The summed E-state index contributed by atoms with van der Waals surface area (Å²) in [7, 11) is 0. The Bertz CT molecular complexity index is 539. The Kier molecular flexibility index (Phi) is 7.24. The molecule has 0 aliphatic carbocycles. The van der Waals surface area contributed by atoms with Gasteiger partial charge in [-0.2, -0.15) is 0 Å². The molecule has 2 rings (SSSR count). The molecule has 110 valence electrons. The molecule has 0 fully saturated rings. The third kappa shape index (κ3) is 5.30. The molecular weight excluding hydrogens is 293 g/mol. The zero-order valence-electron chi connectivity index (χ0n) is 12.4. The van der Waals surface area contributed by atoms with Crippen molar-refractivity contribution in [3.8, 4) is 0 Å². The van der Waals surface area contributed by atoms with E-state index in [-0.39, 0.29) is 0 Å². The molecule has 1 heterocycles. The van der Waals surface area contributed by atoms with Gasteiger partial charge in [0.1, 0.15) is 0 Å². The van der Waals surface area contributed by atoms with Crippen molar-refractivity contribution in [2.24, 2.45) is 4.03 Å². The maximum atomic E-state index is 4.42. The fraction of sp³-hybridized carbons (Fsp3) is 0.375. The van der Waals surface area contributed by atoms with Crippen LogP contribution in [0.5, 0.6) is 0 Å². The average Bonchev–Trinajstić information content (AvgIpc) is 2.48. The van der Waals surface area contributed by atoms with Crippen LogP contribution in [-0.2, 0) is 21.7 Å². The van der Waals surface area contributed by atoms with Gasteiger partial charge in [-0.25, -0.2) is 0 Å². The number of nitrogens with zero attached hydrogens (tertiary/aromatic N) is 3. The molecule has 0 aliphatic heterocycles. The number of rotatable bonds is 3. The Morgan fingerprint density at radius 2 is 2.00 bits per heavy atom. The summed E-state index contributed by atoms with van der Waals surface area (Å²) < 4.78 is 3.88. The first-order valence-electron chi connectivity index (χ1n) is 6.73. The first kappa shape index (κ1) is 16.6. The van der Waals surface area contributed by atoms with Crippen molar-refractivity contribution < 1.29 is 15.3 Å². The van der Waals surface area contributed by atoms with E-state index in [2.05, 4.69) is 69.1 Å². The molecule has 20 heavy (non-hydrogen) atoms. The minimum absolute atomic E-state index is 0.500. The van der Waals surface area contributed by atoms with Crippen LogP contribution in [0, 0.1) is 6.92 Å². The Morgan fingerprint density at radius 3 is 2.45 bits per heavy atom. The normalized spacial score (nSPS) is 9.95. The molecule has 0 unspecified atom stereocenters. The number of hydrogen-bond donors (Lipinski definition) is 0. The van der Waals surface area contributed by atoms with E-state index in [9.17, 15) is 0 Å². The molecule has 1 aromatic heterocycles. The van der Waals surface area contributed by atoms with E-state index in [1.807, 2.05) is 6.07 Å². The van der Waals surface area contributed by atoms with E-state index < -0.39 is 0 Å². The molecule has 0 saturated carbocycles. The van der Waals surface area contributed by atoms with Crippen molar-refractivity contribution in [2.75, 3.05) is 0 Å². The number of hydrogen-bond acceptors (Lipinski definition) is 3. The van der Waals surface area contributed by atoms with Gasteiger partial charge >= 0.3 is 81.0 Å². The van der Waals surface area contributed by atoms with Gasteiger partial charge in [-0.1, -0.05) is 6.92 Å². The molecule has 0 aliphatic rings. The Labute approximate surface area is 129 Å². The Balaban J connectivity index is 0.000000217. The molecule has 0 saturated heterocycles. The van der Waals surface area contributed by atoms with Crippen LogP contribution in [0.25, 0.3) is 0 Å². The molecule has 3 nitrogen and oxygen atoms in total. The molecule has 1 aromatic carbocycles. The molecule has 0 atom stereocenters. The van der Waals surface area contributed by atoms with Crippen LogP contribution in [0.2, 0.25) is 0 Å². The monoisotopic (exact) mass is 313 g/mol. The van der Waals surface area contributed by atoms with Gasteiger partial charge in [-0.15, -0.1) is 0 Å². The van der Waals surface area contributed by atoms with Gasteiger partial charge in [-0.05, 0) is 6.42 Å². The summed E-state index contributed by atoms with van der Waals surface area (Å²) >= 11 is 4.42. The van der Waals surface area contributed by atoms with Crippen molar-refractivity contribution in [1.82, 2.24) is 9.97 Å². The quantitative estimate of drug-likeness (QED) is 0.781. The summed E-state index contributed by atoms with van der Waals surface area (Å²) in [5, 5.41) is 0. The van der Waals surface area contributed by atoms with Gasteiger partial charge < -0.3 is 0 Å². The first-order valence-corrected chi connectivity index (χ1v) is 7.17. The van der Waals surface area contributed by atoms with Gasteiger partial charge in [0.05, 0.1) is 5.69 Å². The van der Waals surface area contributed by atoms with Crippen molar-refractivity contribution in [2.45, 2.75) is 40.0 Å². The molecular formula is C16H21N3Ni. The van der Waals surface area contributed by atoms with Crippen LogP contribution in [-0.4, -0.2) is 9.97 Å². The summed E-state index contributed by atoms with van der Waals surface area (Å²) in [6.45, 7) is 8.42. The van der Waals surface area contributed by atoms with Crippen LogP contribution < -0.4 is 0 Å². The number of benzene rings is 1. The van der Waals surface area contributed by atoms with E-state index in [1.54, 1.807) is 18.6 Å². The first-order chi connectivity index (χ1) is 9.58. The summed E-state index contributed by atoms with van der Waals surface area (Å²) in [6.07, 6.45) is 6.13. The molecule has 0 bridgehead atoms. The van der Waals surface area contributed by atoms with Gasteiger partial charge in [0.25, 0.3) is 0 Å². The fourth-order valence-electron chi connectivity index (χ4n) is 1.72. The number of aryl methyl sites for hydroxylation is 2. The second-order valence-electron chi connectivity index (χ2n) is 4.84. The van der Waals surface area contributed by atoms with Crippen LogP contribution in [0.15, 0.2) is 40.8 Å². The van der Waals surface area contributed by atoms with Gasteiger partial charge in [-0.3, -0.25) is 9.97 Å². The fourth-order valence-corrected chi connectivity index (χ4v) is 1.91. The van der Waals surface area contributed by atoms with Crippen LogP contribution in [0.1, 0.15) is 43.5 Å². The standard InChI is InChI=1S/C10H13N.C6H8N2.Ni/c1-7(2)9-5-4-8(3)6-10(9)11;1-2-6-5-7-3-4-8-6;/h4-7H,1-3H3;3-5H,2H2,1H3;. The third-order valence-corrected chi connectivity index (χ3v) is 3.10. The summed E-state index contributed by atoms with van der Waals surface area (Å²) in [5.74, 6) is 0.500. The molecule has 2 aromatic rings. The Morgan fingerprint density at radius 1 is 1.25 bits per heavy atom. The molecule has 0 spiro atoms. The van der Waals surface area contributed by atoms with E-state index in [4.69, 9.17) is 0 Å². The van der Waals surface area contributed by atoms with Gasteiger partial charge in [0.15, 0.2) is 0 Å².